The summed E-state index contributed by atoms with van der Waals surface area (Å²) in [6.45, 7) is 4.51. The molecule has 1 aliphatic heterocycles. The van der Waals surface area contributed by atoms with E-state index >= 15 is 0 Å². The number of nitrogens with one attached hydrogen (secondary N) is 2. The van der Waals surface area contributed by atoms with E-state index in [1.165, 1.54) is 30.3 Å². The predicted octanol–water partition coefficient (Wildman–Crippen LogP) is 3.24. The minimum atomic E-state index is -5.26. The first kappa shape index (κ1) is 22.3. The minimum Gasteiger partial charge on any atom is -0.447 e. The second-order valence-electron chi connectivity index (χ2n) is 7.75. The van der Waals surface area contributed by atoms with Crippen LogP contribution in [0.2, 0.25) is 0 Å². The van der Waals surface area contributed by atoms with Gasteiger partial charge in [-0.3, -0.25) is 24.3 Å². The Balaban J connectivity index is 1.88. The lowest BCUT2D eigenvalue weighted by Crippen LogP contribution is -2.64. The molecule has 4 rings (SSSR count). The molecule has 1 unspecified atom stereocenters. The molecule has 0 bridgehead atoms. The number of amides is 2. The minimum absolute atomic E-state index is 0.00724. The van der Waals surface area contributed by atoms with Crippen LogP contribution in [-0.4, -0.2) is 33.5 Å². The van der Waals surface area contributed by atoms with Gasteiger partial charge in [0.25, 0.3) is 17.5 Å². The first-order valence-corrected chi connectivity index (χ1v) is 9.88. The zero-order valence-corrected chi connectivity index (χ0v) is 17.8. The molecule has 0 saturated heterocycles. The summed E-state index contributed by atoms with van der Waals surface area (Å²) in [6.07, 6.45) is -6.97. The highest BCUT2D eigenvalue weighted by atomic mass is 19.4. The average Bonchev–Trinajstić information content (AvgIpc) is 3.20. The number of alkyl halides is 3. The topological polar surface area (TPSA) is 102 Å². The number of halogens is 3. The molecule has 2 amide bonds. The smallest absolute Gasteiger partial charge is 0.440 e. The Morgan fingerprint density at radius 1 is 1.15 bits per heavy atom. The molecular weight excluding hydrogens is 441 g/mol. The zero-order valence-electron chi connectivity index (χ0n) is 17.8. The zero-order chi connectivity index (χ0) is 24.1. The van der Waals surface area contributed by atoms with Gasteiger partial charge in [0, 0.05) is 12.5 Å². The third kappa shape index (κ3) is 3.49. The van der Waals surface area contributed by atoms with Crippen LogP contribution in [0.5, 0.6) is 0 Å². The van der Waals surface area contributed by atoms with Crippen LogP contribution in [0.1, 0.15) is 29.7 Å². The lowest BCUT2D eigenvalue weighted by Gasteiger charge is -2.33. The summed E-state index contributed by atoms with van der Waals surface area (Å²) in [6, 6.07) is 10.6. The fourth-order valence-corrected chi connectivity index (χ4v) is 3.80. The van der Waals surface area contributed by atoms with Gasteiger partial charge in [-0.2, -0.15) is 13.2 Å². The monoisotopic (exact) mass is 460 g/mol. The first-order valence-electron chi connectivity index (χ1n) is 9.88. The summed E-state index contributed by atoms with van der Waals surface area (Å²) in [5.41, 5.74) is -1.66. The number of aromatic nitrogens is 2. The highest BCUT2D eigenvalue weighted by Crippen LogP contribution is 2.44. The Morgan fingerprint density at radius 3 is 2.39 bits per heavy atom. The molecule has 33 heavy (non-hydrogen) atoms. The molecule has 3 aromatic rings. The maximum atomic E-state index is 14.6. The van der Waals surface area contributed by atoms with Crippen molar-refractivity contribution in [2.45, 2.75) is 38.7 Å². The summed E-state index contributed by atoms with van der Waals surface area (Å²) in [5.74, 6) is -4.08. The second kappa shape index (κ2) is 7.61. The van der Waals surface area contributed by atoms with Crippen molar-refractivity contribution in [1.29, 1.82) is 0 Å². The number of hydrogen-bond donors (Lipinski definition) is 2. The summed E-state index contributed by atoms with van der Waals surface area (Å²) in [5, 5.41) is 3.94. The molecular formula is C22H19F3N4O4. The van der Waals surface area contributed by atoms with E-state index in [0.29, 0.717) is 10.1 Å². The van der Waals surface area contributed by atoms with E-state index in [1.54, 1.807) is 26.0 Å². The maximum Gasteiger partial charge on any atom is 0.440 e. The van der Waals surface area contributed by atoms with Crippen molar-refractivity contribution < 1.29 is 32.3 Å². The van der Waals surface area contributed by atoms with Crippen LogP contribution in [0.3, 0.4) is 0 Å². The van der Waals surface area contributed by atoms with E-state index in [1.807, 2.05) is 5.32 Å². The Hall–Kier alpha value is -3.89. The molecule has 0 spiro atoms. The summed E-state index contributed by atoms with van der Waals surface area (Å²) < 4.78 is 49.4. The highest BCUT2D eigenvalue weighted by Gasteiger charge is 2.68. The van der Waals surface area contributed by atoms with Crippen LogP contribution in [0, 0.1) is 13.8 Å². The number of carbonyl (C=O) groups is 3. The van der Waals surface area contributed by atoms with Gasteiger partial charge in [-0.05, 0) is 37.1 Å². The Bertz CT molecular complexity index is 1290. The van der Waals surface area contributed by atoms with E-state index < -0.39 is 35.7 Å². The van der Waals surface area contributed by atoms with Gasteiger partial charge in [0.15, 0.2) is 0 Å². The predicted molar refractivity (Wildman–Crippen MR) is 111 cm³/mol. The number of aryl methyl sites for hydroxylation is 2. The van der Waals surface area contributed by atoms with Crippen molar-refractivity contribution in [3.63, 3.8) is 0 Å². The first-order chi connectivity index (χ1) is 15.5. The molecule has 0 saturated carbocycles. The Morgan fingerprint density at radius 2 is 1.79 bits per heavy atom. The third-order valence-electron chi connectivity index (χ3n) is 5.50. The molecule has 1 aliphatic rings. The number of hydrogen-bond acceptors (Lipinski definition) is 5. The molecule has 2 aromatic carbocycles. The van der Waals surface area contributed by atoms with Gasteiger partial charge in [0.05, 0.1) is 11.0 Å². The molecule has 172 valence electrons. The van der Waals surface area contributed by atoms with Crippen molar-refractivity contribution in [3.05, 3.63) is 59.2 Å². The van der Waals surface area contributed by atoms with E-state index in [-0.39, 0.29) is 22.5 Å². The molecule has 2 atom stereocenters. The normalized spacial score (nSPS) is 18.5. The van der Waals surface area contributed by atoms with Gasteiger partial charge >= 0.3 is 12.1 Å². The molecule has 0 radical (unpaired) electrons. The lowest BCUT2D eigenvalue weighted by molar-refractivity contribution is -0.218. The Labute approximate surface area is 185 Å². The molecule has 8 nitrogen and oxygen atoms in total. The number of ether oxygens (including phenoxy) is 1. The van der Waals surface area contributed by atoms with Crippen molar-refractivity contribution >= 4 is 34.8 Å². The lowest BCUT2D eigenvalue weighted by atomic mass is 10.0. The van der Waals surface area contributed by atoms with Gasteiger partial charge in [-0.15, -0.1) is 0 Å². The molecule has 2 N–H and O–H groups in total. The van der Waals surface area contributed by atoms with Crippen molar-refractivity contribution in [3.8, 4) is 0 Å². The van der Waals surface area contributed by atoms with Crippen LogP contribution in [0.4, 0.5) is 19.1 Å². The molecule has 2 heterocycles. The molecule has 1 aromatic heterocycles. The second-order valence-corrected chi connectivity index (χ2v) is 7.75. The maximum absolute atomic E-state index is 14.6. The molecule has 0 fully saturated rings. The number of nitrogens with zero attached hydrogens (tertiary/aromatic N) is 2. The van der Waals surface area contributed by atoms with Gasteiger partial charge < -0.3 is 10.1 Å². The number of rotatable bonds is 4. The van der Waals surface area contributed by atoms with E-state index in [4.69, 9.17) is 4.74 Å². The summed E-state index contributed by atoms with van der Waals surface area (Å²) in [4.78, 5) is 41.6. The number of esters is 1. The number of carbonyl (C=O) groups excluding carboxylic acids is 3. The SMILES string of the molecule is CC(=O)O[C@H](C(=O)NC1(C(F)(F)F)C(=O)Nc2nc3cc(C)c(C)cc3n21)c1ccccc1. The fourth-order valence-electron chi connectivity index (χ4n) is 3.80. The van der Waals surface area contributed by atoms with E-state index in [2.05, 4.69) is 10.3 Å². The van der Waals surface area contributed by atoms with Crippen LogP contribution in [0.15, 0.2) is 42.5 Å². The van der Waals surface area contributed by atoms with E-state index in [0.717, 1.165) is 12.5 Å². The quantitative estimate of drug-likeness (QED) is 0.582. The number of benzene rings is 2. The highest BCUT2D eigenvalue weighted by molar-refractivity contribution is 6.05. The van der Waals surface area contributed by atoms with Crippen LogP contribution in [0.25, 0.3) is 11.0 Å². The van der Waals surface area contributed by atoms with Crippen molar-refractivity contribution in [2.75, 3.05) is 5.32 Å². The number of fused-ring (bicyclic) bond motifs is 3. The number of anilines is 1. The largest absolute Gasteiger partial charge is 0.447 e. The molecule has 11 heteroatoms. The van der Waals surface area contributed by atoms with Crippen molar-refractivity contribution in [1.82, 2.24) is 14.9 Å². The fraction of sp³-hybridized carbons (Fsp3) is 0.273. The van der Waals surface area contributed by atoms with Gasteiger partial charge in [0.2, 0.25) is 12.1 Å². The van der Waals surface area contributed by atoms with Gasteiger partial charge in [0.1, 0.15) is 0 Å². The van der Waals surface area contributed by atoms with Crippen molar-refractivity contribution in [2.24, 2.45) is 0 Å². The van der Waals surface area contributed by atoms with E-state index in [9.17, 15) is 27.6 Å². The van der Waals surface area contributed by atoms with Gasteiger partial charge in [-0.1, -0.05) is 30.3 Å². The Kier molecular flexibility index (Phi) is 5.14. The van der Waals surface area contributed by atoms with Crippen LogP contribution >= 0.6 is 0 Å². The van der Waals surface area contributed by atoms with Gasteiger partial charge in [-0.25, -0.2) is 4.98 Å². The molecule has 0 aliphatic carbocycles. The van der Waals surface area contributed by atoms with Crippen LogP contribution < -0.4 is 10.6 Å². The third-order valence-corrected chi connectivity index (χ3v) is 5.50. The summed E-state index contributed by atoms with van der Waals surface area (Å²) >= 11 is 0. The number of imidazole rings is 1. The average molecular weight is 460 g/mol. The summed E-state index contributed by atoms with van der Waals surface area (Å²) in [7, 11) is 0. The standard InChI is InChI=1S/C22H19F3N4O4/c1-11-9-15-16(10-12(11)2)29-20(26-15)27-19(32)21(29,22(23,24)25)28-18(31)17(33-13(3)30)14-7-5-4-6-8-14/h4-10,17H,1-3H3,(H,28,31)(H,26,27,32)/t17-,21?/m0/s1. The van der Waals surface area contributed by atoms with Crippen LogP contribution in [-0.2, 0) is 24.8 Å².